The highest BCUT2D eigenvalue weighted by molar-refractivity contribution is 5.91. The standard InChI is InChI=1S/C23H22F6N4O/c1-13-10-33(11-14(2)34-13)12-20-31-19-9-16(23(27,28)29)5-8-18(19)21(32-20)30-17-6-3-15(4-7-17)22(24,25)26/h3-9,13-14H,10-12H2,1-2H3,(H,30,31,32)/t13-,14+. The summed E-state index contributed by atoms with van der Waals surface area (Å²) >= 11 is 0. The SMILES string of the molecule is C[C@@H]1CN(Cc2nc(Nc3ccc(C(F)(F)F)cc3)c3ccc(C(F)(F)F)cc3n2)C[C@H](C)O1. The number of aromatic nitrogens is 2. The zero-order chi connectivity index (χ0) is 24.7. The Balaban J connectivity index is 1.71. The number of nitrogens with one attached hydrogen (secondary N) is 1. The molecule has 1 saturated heterocycles. The van der Waals surface area contributed by atoms with E-state index in [0.29, 0.717) is 30.0 Å². The van der Waals surface area contributed by atoms with Crippen LogP contribution >= 0.6 is 0 Å². The lowest BCUT2D eigenvalue weighted by Gasteiger charge is -2.34. The van der Waals surface area contributed by atoms with Crippen molar-refractivity contribution >= 4 is 22.4 Å². The molecule has 2 heterocycles. The zero-order valence-electron chi connectivity index (χ0n) is 18.3. The van der Waals surface area contributed by atoms with Gasteiger partial charge in [-0.25, -0.2) is 9.97 Å². The van der Waals surface area contributed by atoms with Crippen molar-refractivity contribution in [2.75, 3.05) is 18.4 Å². The molecule has 1 fully saturated rings. The van der Waals surface area contributed by atoms with Crippen molar-refractivity contribution in [3.05, 3.63) is 59.4 Å². The molecule has 5 nitrogen and oxygen atoms in total. The monoisotopic (exact) mass is 484 g/mol. The number of alkyl halides is 6. The normalized spacial score (nSPS) is 20.0. The van der Waals surface area contributed by atoms with E-state index in [4.69, 9.17) is 4.74 Å². The fourth-order valence-corrected chi connectivity index (χ4v) is 4.01. The fraction of sp³-hybridized carbons (Fsp3) is 0.391. The van der Waals surface area contributed by atoms with Crippen LogP contribution in [0.15, 0.2) is 42.5 Å². The second-order valence-electron chi connectivity index (χ2n) is 8.37. The van der Waals surface area contributed by atoms with Crippen LogP contribution < -0.4 is 5.32 Å². The Hall–Kier alpha value is -2.92. The highest BCUT2D eigenvalue weighted by Gasteiger charge is 2.32. The molecule has 182 valence electrons. The molecule has 34 heavy (non-hydrogen) atoms. The van der Waals surface area contributed by atoms with Gasteiger partial charge >= 0.3 is 12.4 Å². The van der Waals surface area contributed by atoms with Crippen molar-refractivity contribution in [2.45, 2.75) is 45.0 Å². The molecule has 1 aliphatic heterocycles. The van der Waals surface area contributed by atoms with E-state index in [1.165, 1.54) is 18.2 Å². The summed E-state index contributed by atoms with van der Waals surface area (Å²) in [7, 11) is 0. The van der Waals surface area contributed by atoms with Gasteiger partial charge in [0.25, 0.3) is 0 Å². The van der Waals surface area contributed by atoms with E-state index in [1.54, 1.807) is 0 Å². The van der Waals surface area contributed by atoms with Gasteiger partial charge in [0.2, 0.25) is 0 Å². The lowest BCUT2D eigenvalue weighted by atomic mass is 10.1. The van der Waals surface area contributed by atoms with E-state index >= 15 is 0 Å². The Morgan fingerprint density at radius 2 is 1.47 bits per heavy atom. The molecule has 0 saturated carbocycles. The van der Waals surface area contributed by atoms with Crippen LogP contribution in [0.5, 0.6) is 0 Å². The number of hydrogen-bond donors (Lipinski definition) is 1. The molecule has 11 heteroatoms. The quantitative estimate of drug-likeness (QED) is 0.459. The summed E-state index contributed by atoms with van der Waals surface area (Å²) in [6.45, 7) is 5.35. The van der Waals surface area contributed by atoms with Crippen LogP contribution in [0.3, 0.4) is 0 Å². The molecule has 2 atom stereocenters. The third kappa shape index (κ3) is 5.58. The van der Waals surface area contributed by atoms with Crippen molar-refractivity contribution < 1.29 is 31.1 Å². The van der Waals surface area contributed by atoms with Gasteiger partial charge in [0.05, 0.1) is 35.4 Å². The predicted octanol–water partition coefficient (Wildman–Crippen LogP) is 6.02. The number of fused-ring (bicyclic) bond motifs is 1. The van der Waals surface area contributed by atoms with Gasteiger partial charge in [-0.1, -0.05) is 0 Å². The number of anilines is 2. The fourth-order valence-electron chi connectivity index (χ4n) is 4.01. The van der Waals surface area contributed by atoms with E-state index in [0.717, 1.165) is 24.3 Å². The Labute approximate surface area is 191 Å². The maximum Gasteiger partial charge on any atom is 0.416 e. The van der Waals surface area contributed by atoms with E-state index in [1.807, 2.05) is 13.8 Å². The van der Waals surface area contributed by atoms with Crippen molar-refractivity contribution in [3.63, 3.8) is 0 Å². The van der Waals surface area contributed by atoms with Crippen LogP contribution in [0.25, 0.3) is 10.9 Å². The van der Waals surface area contributed by atoms with Gasteiger partial charge < -0.3 is 10.1 Å². The summed E-state index contributed by atoms with van der Waals surface area (Å²) in [5, 5.41) is 3.26. The third-order valence-electron chi connectivity index (χ3n) is 5.41. The smallest absolute Gasteiger partial charge is 0.373 e. The maximum atomic E-state index is 13.3. The molecule has 0 spiro atoms. The lowest BCUT2D eigenvalue weighted by Crippen LogP contribution is -2.45. The first-order chi connectivity index (χ1) is 15.9. The average Bonchev–Trinajstić information content (AvgIpc) is 2.71. The summed E-state index contributed by atoms with van der Waals surface area (Å²) < 4.78 is 84.2. The van der Waals surface area contributed by atoms with Gasteiger partial charge in [0.1, 0.15) is 11.6 Å². The van der Waals surface area contributed by atoms with Crippen molar-refractivity contribution in [1.82, 2.24) is 14.9 Å². The maximum absolute atomic E-state index is 13.3. The molecule has 1 aromatic heterocycles. The number of hydrogen-bond acceptors (Lipinski definition) is 5. The molecule has 0 amide bonds. The average molecular weight is 484 g/mol. The minimum absolute atomic E-state index is 0.0224. The predicted molar refractivity (Wildman–Crippen MR) is 115 cm³/mol. The van der Waals surface area contributed by atoms with Crippen LogP contribution in [-0.2, 0) is 23.6 Å². The Morgan fingerprint density at radius 3 is 2.06 bits per heavy atom. The first-order valence-electron chi connectivity index (χ1n) is 10.6. The van der Waals surface area contributed by atoms with Crippen LogP contribution in [0, 0.1) is 0 Å². The van der Waals surface area contributed by atoms with Gasteiger partial charge in [0, 0.05) is 24.2 Å². The van der Waals surface area contributed by atoms with Crippen molar-refractivity contribution in [2.24, 2.45) is 0 Å². The van der Waals surface area contributed by atoms with E-state index in [-0.39, 0.29) is 30.1 Å². The number of rotatable bonds is 4. The number of halogens is 6. The molecule has 1 N–H and O–H groups in total. The third-order valence-corrected chi connectivity index (χ3v) is 5.41. The van der Waals surface area contributed by atoms with Crippen LogP contribution in [0.1, 0.15) is 30.8 Å². The van der Waals surface area contributed by atoms with E-state index in [9.17, 15) is 26.3 Å². The Bertz CT molecular complexity index is 1150. The van der Waals surface area contributed by atoms with Gasteiger partial charge in [-0.05, 0) is 56.3 Å². The first-order valence-corrected chi connectivity index (χ1v) is 10.6. The Morgan fingerprint density at radius 1 is 0.882 bits per heavy atom. The summed E-state index contributed by atoms with van der Waals surface area (Å²) in [5.41, 5.74) is -1.26. The molecular weight excluding hydrogens is 462 g/mol. The molecule has 2 aromatic carbocycles. The molecule has 0 unspecified atom stereocenters. The van der Waals surface area contributed by atoms with Crippen LogP contribution in [-0.4, -0.2) is 40.2 Å². The lowest BCUT2D eigenvalue weighted by molar-refractivity contribution is -0.138. The number of ether oxygens (including phenoxy) is 1. The highest BCUT2D eigenvalue weighted by atomic mass is 19.4. The summed E-state index contributed by atoms with van der Waals surface area (Å²) in [5.74, 6) is 0.505. The van der Waals surface area contributed by atoms with Gasteiger partial charge in [-0.2, -0.15) is 26.3 Å². The minimum atomic E-state index is -4.55. The second kappa shape index (κ2) is 9.03. The van der Waals surface area contributed by atoms with Gasteiger partial charge in [-0.15, -0.1) is 0 Å². The number of benzene rings is 2. The van der Waals surface area contributed by atoms with Crippen molar-refractivity contribution in [1.29, 1.82) is 0 Å². The molecule has 0 aliphatic carbocycles. The van der Waals surface area contributed by atoms with Crippen LogP contribution in [0.2, 0.25) is 0 Å². The highest BCUT2D eigenvalue weighted by Crippen LogP contribution is 2.34. The van der Waals surface area contributed by atoms with E-state index in [2.05, 4.69) is 20.2 Å². The zero-order valence-corrected chi connectivity index (χ0v) is 18.3. The summed E-state index contributed by atoms with van der Waals surface area (Å²) in [6.07, 6.45) is -9.07. The topological polar surface area (TPSA) is 50.3 Å². The molecule has 3 aromatic rings. The number of nitrogens with zero attached hydrogens (tertiary/aromatic N) is 3. The van der Waals surface area contributed by atoms with Crippen LogP contribution in [0.4, 0.5) is 37.8 Å². The van der Waals surface area contributed by atoms with Gasteiger partial charge in [-0.3, -0.25) is 4.90 Å². The molecule has 0 radical (unpaired) electrons. The van der Waals surface area contributed by atoms with Gasteiger partial charge in [0.15, 0.2) is 0 Å². The van der Waals surface area contributed by atoms with Crippen molar-refractivity contribution in [3.8, 4) is 0 Å². The summed E-state index contributed by atoms with van der Waals surface area (Å²) in [6, 6.07) is 7.46. The molecule has 0 bridgehead atoms. The summed E-state index contributed by atoms with van der Waals surface area (Å²) in [4.78, 5) is 10.9. The largest absolute Gasteiger partial charge is 0.416 e. The minimum Gasteiger partial charge on any atom is -0.373 e. The second-order valence-corrected chi connectivity index (χ2v) is 8.37. The molecule has 4 rings (SSSR count). The first kappa shape index (κ1) is 24.2. The Kier molecular flexibility index (Phi) is 6.43. The van der Waals surface area contributed by atoms with E-state index < -0.39 is 23.5 Å². The number of morpholine rings is 1. The molecular formula is C23H22F6N4O. The molecule has 1 aliphatic rings.